The van der Waals surface area contributed by atoms with Gasteiger partial charge in [0.15, 0.2) is 0 Å². The molecule has 0 spiro atoms. The molecule has 0 aromatic heterocycles. The van der Waals surface area contributed by atoms with E-state index in [9.17, 15) is 4.79 Å². The van der Waals surface area contributed by atoms with Gasteiger partial charge >= 0.3 is 5.97 Å². The summed E-state index contributed by atoms with van der Waals surface area (Å²) in [6.45, 7) is 7.94. The van der Waals surface area contributed by atoms with Crippen LogP contribution in [0.3, 0.4) is 0 Å². The average Bonchev–Trinajstić information content (AvgIpc) is 1.98. The monoisotopic (exact) mass is 200 g/mol. The van der Waals surface area contributed by atoms with Gasteiger partial charge in [0.05, 0.1) is 5.41 Å². The molecule has 2 N–H and O–H groups in total. The number of nitrogens with zero attached hydrogens (tertiary/aromatic N) is 1. The molecule has 14 heavy (non-hydrogen) atoms. The lowest BCUT2D eigenvalue weighted by molar-refractivity contribution is -0.228. The molecule has 1 fully saturated rings. The lowest BCUT2D eigenvalue weighted by Gasteiger charge is -2.38. The second-order valence-electron chi connectivity index (χ2n) is 4.92. The maximum absolute atomic E-state index is 11.4. The molecule has 0 radical (unpaired) electrons. The second-order valence-corrected chi connectivity index (χ2v) is 4.92. The lowest BCUT2D eigenvalue weighted by atomic mass is 9.97. The van der Waals surface area contributed by atoms with E-state index in [4.69, 9.17) is 10.6 Å². The molecule has 1 aliphatic heterocycles. The van der Waals surface area contributed by atoms with Crippen molar-refractivity contribution in [3.8, 4) is 0 Å². The Morgan fingerprint density at radius 1 is 1.50 bits per heavy atom. The van der Waals surface area contributed by atoms with E-state index in [1.165, 1.54) is 0 Å². The van der Waals surface area contributed by atoms with Crippen molar-refractivity contribution in [3.05, 3.63) is 0 Å². The van der Waals surface area contributed by atoms with Crippen molar-refractivity contribution in [2.75, 3.05) is 19.6 Å². The van der Waals surface area contributed by atoms with Crippen molar-refractivity contribution >= 4 is 5.97 Å². The Morgan fingerprint density at radius 3 is 2.50 bits per heavy atom. The van der Waals surface area contributed by atoms with Gasteiger partial charge in [-0.2, -0.15) is 0 Å². The zero-order valence-corrected chi connectivity index (χ0v) is 9.25. The zero-order chi connectivity index (χ0) is 10.8. The summed E-state index contributed by atoms with van der Waals surface area (Å²) in [4.78, 5) is 16.6. The van der Waals surface area contributed by atoms with Crippen LogP contribution in [-0.4, -0.2) is 30.7 Å². The highest BCUT2D eigenvalue weighted by Crippen LogP contribution is 2.22. The SMILES string of the molecule is CC(C)(C)C(=O)ON1CC(CCN)C1. The van der Waals surface area contributed by atoms with E-state index in [2.05, 4.69) is 0 Å². The van der Waals surface area contributed by atoms with Crippen molar-refractivity contribution in [2.45, 2.75) is 27.2 Å². The normalized spacial score (nSPS) is 19.1. The van der Waals surface area contributed by atoms with Gasteiger partial charge in [-0.05, 0) is 39.7 Å². The number of nitrogens with two attached hydrogens (primary N) is 1. The van der Waals surface area contributed by atoms with Crippen LogP contribution in [0.2, 0.25) is 0 Å². The Balaban J connectivity index is 2.20. The lowest BCUT2D eigenvalue weighted by Crippen LogP contribution is -2.49. The van der Waals surface area contributed by atoms with E-state index in [0.29, 0.717) is 12.5 Å². The molecular formula is C10H20N2O2. The number of hydrogen-bond acceptors (Lipinski definition) is 4. The summed E-state index contributed by atoms with van der Waals surface area (Å²) in [5, 5.41) is 1.72. The summed E-state index contributed by atoms with van der Waals surface area (Å²) in [7, 11) is 0. The number of carbonyl (C=O) groups excluding carboxylic acids is 1. The van der Waals surface area contributed by atoms with Gasteiger partial charge in [-0.3, -0.25) is 0 Å². The molecule has 0 unspecified atom stereocenters. The summed E-state index contributed by atoms with van der Waals surface area (Å²) in [6.07, 6.45) is 1.02. The number of rotatable bonds is 3. The molecule has 0 aromatic carbocycles. The Morgan fingerprint density at radius 2 is 2.07 bits per heavy atom. The largest absolute Gasteiger partial charge is 0.367 e. The minimum absolute atomic E-state index is 0.163. The predicted octanol–water partition coefficient (Wildman–Crippen LogP) is 0.771. The van der Waals surface area contributed by atoms with Gasteiger partial charge in [-0.15, -0.1) is 5.06 Å². The maximum Gasteiger partial charge on any atom is 0.330 e. The molecule has 1 saturated heterocycles. The quantitative estimate of drug-likeness (QED) is 0.731. The maximum atomic E-state index is 11.4. The first-order chi connectivity index (χ1) is 6.43. The van der Waals surface area contributed by atoms with Crippen LogP contribution in [0.15, 0.2) is 0 Å². The molecule has 4 nitrogen and oxygen atoms in total. The van der Waals surface area contributed by atoms with Gasteiger partial charge in [0, 0.05) is 13.1 Å². The van der Waals surface area contributed by atoms with Crippen LogP contribution in [0, 0.1) is 11.3 Å². The van der Waals surface area contributed by atoms with Crippen LogP contribution in [-0.2, 0) is 9.63 Å². The molecule has 0 aliphatic carbocycles. The molecule has 1 heterocycles. The smallest absolute Gasteiger partial charge is 0.330 e. The van der Waals surface area contributed by atoms with Crippen molar-refractivity contribution in [1.29, 1.82) is 0 Å². The third-order valence-electron chi connectivity index (χ3n) is 2.32. The summed E-state index contributed by atoms with van der Waals surface area (Å²) < 4.78 is 0. The van der Waals surface area contributed by atoms with E-state index >= 15 is 0 Å². The van der Waals surface area contributed by atoms with Gasteiger partial charge in [-0.25, -0.2) is 4.79 Å². The van der Waals surface area contributed by atoms with Crippen LogP contribution >= 0.6 is 0 Å². The van der Waals surface area contributed by atoms with E-state index < -0.39 is 5.41 Å². The Labute approximate surface area is 85.3 Å². The number of hydroxylamine groups is 2. The fourth-order valence-corrected chi connectivity index (χ4v) is 1.27. The topological polar surface area (TPSA) is 55.6 Å². The fraction of sp³-hybridized carbons (Fsp3) is 0.900. The van der Waals surface area contributed by atoms with Crippen LogP contribution in [0.4, 0.5) is 0 Å². The van der Waals surface area contributed by atoms with Gasteiger partial charge < -0.3 is 10.6 Å². The Bertz CT molecular complexity index is 205. The van der Waals surface area contributed by atoms with E-state index in [-0.39, 0.29) is 5.97 Å². The average molecular weight is 200 g/mol. The Kier molecular flexibility index (Phi) is 3.50. The van der Waals surface area contributed by atoms with Gasteiger partial charge in [-0.1, -0.05) is 0 Å². The second kappa shape index (κ2) is 4.28. The summed E-state index contributed by atoms with van der Waals surface area (Å²) in [5.74, 6) is 0.441. The minimum atomic E-state index is -0.418. The molecular weight excluding hydrogens is 180 g/mol. The Hall–Kier alpha value is -0.610. The fourth-order valence-electron chi connectivity index (χ4n) is 1.27. The van der Waals surface area contributed by atoms with Crippen molar-refractivity contribution < 1.29 is 9.63 Å². The van der Waals surface area contributed by atoms with Crippen LogP contribution in [0.25, 0.3) is 0 Å². The molecule has 82 valence electrons. The highest BCUT2D eigenvalue weighted by molar-refractivity contribution is 5.75. The molecule has 0 atom stereocenters. The molecule has 0 saturated carbocycles. The zero-order valence-electron chi connectivity index (χ0n) is 9.25. The summed E-state index contributed by atoms with van der Waals surface area (Å²) >= 11 is 0. The first kappa shape index (κ1) is 11.5. The number of hydrogen-bond donors (Lipinski definition) is 1. The first-order valence-corrected chi connectivity index (χ1v) is 5.11. The minimum Gasteiger partial charge on any atom is -0.367 e. The van der Waals surface area contributed by atoms with Gasteiger partial charge in [0.2, 0.25) is 0 Å². The first-order valence-electron chi connectivity index (χ1n) is 5.11. The van der Waals surface area contributed by atoms with E-state index in [1.54, 1.807) is 5.06 Å². The third-order valence-corrected chi connectivity index (χ3v) is 2.32. The molecule has 0 bridgehead atoms. The number of carbonyl (C=O) groups is 1. The van der Waals surface area contributed by atoms with Gasteiger partial charge in [0.25, 0.3) is 0 Å². The molecule has 0 amide bonds. The van der Waals surface area contributed by atoms with Crippen molar-refractivity contribution in [1.82, 2.24) is 5.06 Å². The summed E-state index contributed by atoms with van der Waals surface area (Å²) in [6, 6.07) is 0. The van der Waals surface area contributed by atoms with Crippen LogP contribution in [0.5, 0.6) is 0 Å². The molecule has 1 rings (SSSR count). The van der Waals surface area contributed by atoms with Crippen molar-refractivity contribution in [2.24, 2.45) is 17.1 Å². The molecule has 4 heteroatoms. The van der Waals surface area contributed by atoms with Crippen LogP contribution < -0.4 is 5.73 Å². The highest BCUT2D eigenvalue weighted by atomic mass is 16.7. The van der Waals surface area contributed by atoms with Crippen LogP contribution in [0.1, 0.15) is 27.2 Å². The molecule has 0 aromatic rings. The van der Waals surface area contributed by atoms with E-state index in [0.717, 1.165) is 19.5 Å². The molecule has 1 aliphatic rings. The van der Waals surface area contributed by atoms with Gasteiger partial charge in [0.1, 0.15) is 0 Å². The highest BCUT2D eigenvalue weighted by Gasteiger charge is 2.32. The third kappa shape index (κ3) is 2.96. The van der Waals surface area contributed by atoms with E-state index in [1.807, 2.05) is 20.8 Å². The van der Waals surface area contributed by atoms with Crippen molar-refractivity contribution in [3.63, 3.8) is 0 Å². The standard InChI is InChI=1S/C10H20N2O2/c1-10(2,3)9(13)14-12-6-8(7-12)4-5-11/h8H,4-7,11H2,1-3H3. The predicted molar refractivity (Wildman–Crippen MR) is 54.3 cm³/mol. The summed E-state index contributed by atoms with van der Waals surface area (Å²) in [5.41, 5.74) is 5.01.